The Morgan fingerprint density at radius 1 is 1.67 bits per heavy atom. The van der Waals surface area contributed by atoms with Crippen molar-refractivity contribution in [3.63, 3.8) is 0 Å². The summed E-state index contributed by atoms with van der Waals surface area (Å²) in [6.07, 6.45) is 1.22. The van der Waals surface area contributed by atoms with E-state index in [-0.39, 0.29) is 17.4 Å². The summed E-state index contributed by atoms with van der Waals surface area (Å²) in [6.45, 7) is 0. The molecule has 2 rings (SSSR count). The Labute approximate surface area is 83.4 Å². The fourth-order valence-electron chi connectivity index (χ4n) is 1.21. The number of hydrogen-bond donors (Lipinski definition) is 1. The Bertz CT molecular complexity index is 535. The number of rotatable bonds is 2. The van der Waals surface area contributed by atoms with Gasteiger partial charge in [0.1, 0.15) is 6.20 Å². The smallest absolute Gasteiger partial charge is 0.291 e. The van der Waals surface area contributed by atoms with Gasteiger partial charge in [-0.2, -0.15) is 4.98 Å². The van der Waals surface area contributed by atoms with Crippen LogP contribution < -0.4 is 10.5 Å². The molecule has 8 heteroatoms. The Hall–Kier alpha value is -2.38. The van der Waals surface area contributed by atoms with Gasteiger partial charge in [0.15, 0.2) is 11.4 Å². The monoisotopic (exact) mass is 209 g/mol. The van der Waals surface area contributed by atoms with E-state index in [0.717, 1.165) is 0 Å². The number of nitro groups is 1. The molecule has 2 aromatic rings. The van der Waals surface area contributed by atoms with E-state index in [1.54, 1.807) is 0 Å². The van der Waals surface area contributed by atoms with Gasteiger partial charge in [-0.25, -0.2) is 4.52 Å². The van der Waals surface area contributed by atoms with Crippen LogP contribution in [-0.2, 0) is 0 Å². The van der Waals surface area contributed by atoms with Gasteiger partial charge in [0, 0.05) is 0 Å². The fraction of sp³-hybridized carbons (Fsp3) is 0.143. The summed E-state index contributed by atoms with van der Waals surface area (Å²) >= 11 is 0. The van der Waals surface area contributed by atoms with Gasteiger partial charge in [-0.1, -0.05) is 0 Å². The quantitative estimate of drug-likeness (QED) is 0.560. The molecule has 0 amide bonds. The maximum Gasteiger partial charge on any atom is 0.291 e. The Morgan fingerprint density at radius 3 is 3.00 bits per heavy atom. The summed E-state index contributed by atoms with van der Waals surface area (Å²) in [6, 6.07) is 1.27. The molecule has 2 heterocycles. The van der Waals surface area contributed by atoms with Gasteiger partial charge in [-0.3, -0.25) is 10.1 Å². The van der Waals surface area contributed by atoms with Gasteiger partial charge in [0.2, 0.25) is 5.95 Å². The number of nitrogens with two attached hydrogens (primary N) is 1. The standard InChI is InChI=1S/C7H7N5O3/c1-15-5-2-4(12(13)14)3-11-6(5)9-7(8)10-11/h2-3H,1H3,(H2,8,10). The molecule has 78 valence electrons. The second kappa shape index (κ2) is 3.08. The summed E-state index contributed by atoms with van der Waals surface area (Å²) < 4.78 is 6.16. The summed E-state index contributed by atoms with van der Waals surface area (Å²) in [5.74, 6) is 0.294. The topological polar surface area (TPSA) is 109 Å². The molecular formula is C7H7N5O3. The number of aromatic nitrogens is 3. The van der Waals surface area contributed by atoms with Crippen LogP contribution in [0.1, 0.15) is 0 Å². The largest absolute Gasteiger partial charge is 0.493 e. The minimum absolute atomic E-state index is 0.0359. The zero-order valence-corrected chi connectivity index (χ0v) is 7.75. The van der Waals surface area contributed by atoms with Gasteiger partial charge in [0.25, 0.3) is 5.69 Å². The molecule has 0 bridgehead atoms. The Morgan fingerprint density at radius 2 is 2.40 bits per heavy atom. The lowest BCUT2D eigenvalue weighted by molar-refractivity contribution is -0.385. The van der Waals surface area contributed by atoms with E-state index < -0.39 is 4.92 Å². The van der Waals surface area contributed by atoms with Crippen molar-refractivity contribution in [1.29, 1.82) is 0 Å². The van der Waals surface area contributed by atoms with Gasteiger partial charge in [-0.15, -0.1) is 5.10 Å². The molecule has 0 aliphatic heterocycles. The van der Waals surface area contributed by atoms with E-state index in [2.05, 4.69) is 10.1 Å². The number of fused-ring (bicyclic) bond motifs is 1. The number of nitrogen functional groups attached to an aromatic ring is 1. The molecular weight excluding hydrogens is 202 g/mol. The number of nitrogens with zero attached hydrogens (tertiary/aromatic N) is 4. The van der Waals surface area contributed by atoms with Gasteiger partial charge in [-0.05, 0) is 0 Å². The van der Waals surface area contributed by atoms with Crippen molar-refractivity contribution in [3.8, 4) is 5.75 Å². The molecule has 0 atom stereocenters. The van der Waals surface area contributed by atoms with Crippen molar-refractivity contribution in [2.75, 3.05) is 12.8 Å². The summed E-state index contributed by atoms with van der Waals surface area (Å²) in [4.78, 5) is 13.9. The number of anilines is 1. The van der Waals surface area contributed by atoms with E-state index in [4.69, 9.17) is 10.5 Å². The third-order valence-corrected chi connectivity index (χ3v) is 1.83. The lowest BCUT2D eigenvalue weighted by Gasteiger charge is -2.00. The summed E-state index contributed by atoms with van der Waals surface area (Å²) in [5.41, 5.74) is 5.58. The first-order valence-corrected chi connectivity index (χ1v) is 3.96. The number of ether oxygens (including phenoxy) is 1. The highest BCUT2D eigenvalue weighted by atomic mass is 16.6. The Balaban J connectivity index is 2.76. The van der Waals surface area contributed by atoms with Crippen LogP contribution in [-0.4, -0.2) is 26.6 Å². The van der Waals surface area contributed by atoms with Gasteiger partial charge < -0.3 is 10.5 Å². The Kier molecular flexibility index (Phi) is 1.89. The molecule has 0 fully saturated rings. The van der Waals surface area contributed by atoms with Crippen LogP contribution in [0.3, 0.4) is 0 Å². The summed E-state index contributed by atoms with van der Waals surface area (Å²) in [7, 11) is 1.39. The molecule has 2 aromatic heterocycles. The van der Waals surface area contributed by atoms with Crippen LogP contribution in [0.4, 0.5) is 11.6 Å². The predicted molar refractivity (Wildman–Crippen MR) is 50.6 cm³/mol. The first-order valence-electron chi connectivity index (χ1n) is 3.96. The predicted octanol–water partition coefficient (Wildman–Crippen LogP) is 0.228. The SMILES string of the molecule is COc1cc([N+](=O)[O-])cn2nc(N)nc12. The normalized spacial score (nSPS) is 10.5. The van der Waals surface area contributed by atoms with E-state index in [1.165, 1.54) is 23.9 Å². The minimum Gasteiger partial charge on any atom is -0.493 e. The highest BCUT2D eigenvalue weighted by Crippen LogP contribution is 2.24. The van der Waals surface area contributed by atoms with E-state index in [9.17, 15) is 10.1 Å². The van der Waals surface area contributed by atoms with Gasteiger partial charge in [0.05, 0.1) is 18.1 Å². The first-order chi connectivity index (χ1) is 7.11. The van der Waals surface area contributed by atoms with Crippen molar-refractivity contribution >= 4 is 17.3 Å². The molecule has 0 aliphatic rings. The minimum atomic E-state index is -0.542. The van der Waals surface area contributed by atoms with Crippen molar-refractivity contribution in [2.24, 2.45) is 0 Å². The lowest BCUT2D eigenvalue weighted by atomic mass is 10.4. The number of hydrogen-bond acceptors (Lipinski definition) is 6. The van der Waals surface area contributed by atoms with E-state index in [1.807, 2.05) is 0 Å². The molecule has 2 N–H and O–H groups in total. The van der Waals surface area contributed by atoms with Crippen molar-refractivity contribution in [1.82, 2.24) is 14.6 Å². The zero-order valence-electron chi connectivity index (χ0n) is 7.75. The molecule has 0 saturated carbocycles. The lowest BCUT2D eigenvalue weighted by Crippen LogP contribution is -1.96. The maximum absolute atomic E-state index is 10.6. The molecule has 0 aromatic carbocycles. The van der Waals surface area contributed by atoms with Crippen LogP contribution in [0.15, 0.2) is 12.3 Å². The average Bonchev–Trinajstić information content (AvgIpc) is 2.56. The highest BCUT2D eigenvalue weighted by molar-refractivity contribution is 5.58. The highest BCUT2D eigenvalue weighted by Gasteiger charge is 2.14. The molecule has 0 aliphatic carbocycles. The maximum atomic E-state index is 10.6. The second-order valence-electron chi connectivity index (χ2n) is 2.76. The number of methoxy groups -OCH3 is 1. The van der Waals surface area contributed by atoms with Crippen molar-refractivity contribution < 1.29 is 9.66 Å². The van der Waals surface area contributed by atoms with Crippen molar-refractivity contribution in [3.05, 3.63) is 22.4 Å². The molecule has 8 nitrogen and oxygen atoms in total. The van der Waals surface area contributed by atoms with Gasteiger partial charge >= 0.3 is 0 Å². The average molecular weight is 209 g/mol. The van der Waals surface area contributed by atoms with Crippen LogP contribution in [0.25, 0.3) is 5.65 Å². The third kappa shape index (κ3) is 1.41. The molecule has 15 heavy (non-hydrogen) atoms. The summed E-state index contributed by atoms with van der Waals surface area (Å²) in [5, 5.41) is 14.3. The van der Waals surface area contributed by atoms with Crippen LogP contribution in [0.2, 0.25) is 0 Å². The molecule has 0 unspecified atom stereocenters. The third-order valence-electron chi connectivity index (χ3n) is 1.83. The van der Waals surface area contributed by atoms with E-state index >= 15 is 0 Å². The van der Waals surface area contributed by atoms with Crippen LogP contribution >= 0.6 is 0 Å². The van der Waals surface area contributed by atoms with Crippen LogP contribution in [0, 0.1) is 10.1 Å². The van der Waals surface area contributed by atoms with Crippen molar-refractivity contribution in [2.45, 2.75) is 0 Å². The van der Waals surface area contributed by atoms with Crippen LogP contribution in [0.5, 0.6) is 5.75 Å². The first kappa shape index (κ1) is 9.19. The molecule has 0 radical (unpaired) electrons. The second-order valence-corrected chi connectivity index (χ2v) is 2.76. The molecule has 0 saturated heterocycles. The zero-order chi connectivity index (χ0) is 11.0. The number of pyridine rings is 1. The fourth-order valence-corrected chi connectivity index (χ4v) is 1.21. The molecule has 0 spiro atoms. The van der Waals surface area contributed by atoms with E-state index in [0.29, 0.717) is 5.65 Å².